The molecule has 2 aromatic carbocycles. The van der Waals surface area contributed by atoms with Gasteiger partial charge in [-0.3, -0.25) is 0 Å². The van der Waals surface area contributed by atoms with Gasteiger partial charge >= 0.3 is 0 Å². The van der Waals surface area contributed by atoms with Crippen molar-refractivity contribution in [2.75, 3.05) is 12.8 Å². The third-order valence-electron chi connectivity index (χ3n) is 4.16. The summed E-state index contributed by atoms with van der Waals surface area (Å²) in [6.45, 7) is 9.68. The minimum atomic E-state index is -3.21. The summed E-state index contributed by atoms with van der Waals surface area (Å²) in [5, 5.41) is 6.55. The highest BCUT2D eigenvalue weighted by Gasteiger charge is 2.10. The first kappa shape index (κ1) is 22.7. The van der Waals surface area contributed by atoms with Gasteiger partial charge in [0, 0.05) is 19.3 Å². The molecule has 0 unspecified atom stereocenters. The average Bonchev–Trinajstić information content (AvgIpc) is 2.63. The molecule has 2 N–H and O–H groups in total. The van der Waals surface area contributed by atoms with Gasteiger partial charge in [0.25, 0.3) is 0 Å². The zero-order chi connectivity index (χ0) is 21.4. The Morgan fingerprint density at radius 2 is 1.72 bits per heavy atom. The number of aliphatic imine (C=N–C) groups is 1. The van der Waals surface area contributed by atoms with E-state index in [0.29, 0.717) is 23.9 Å². The van der Waals surface area contributed by atoms with Gasteiger partial charge < -0.3 is 15.4 Å². The zero-order valence-corrected chi connectivity index (χ0v) is 18.6. The maximum Gasteiger partial charge on any atom is 0.191 e. The maximum absolute atomic E-state index is 11.8. The molecule has 0 aliphatic rings. The predicted octanol–water partition coefficient (Wildman–Crippen LogP) is 3.44. The summed E-state index contributed by atoms with van der Waals surface area (Å²) in [7, 11) is -3.21. The number of sulfone groups is 1. The van der Waals surface area contributed by atoms with Crippen LogP contribution in [0, 0.1) is 6.92 Å². The fourth-order valence-electron chi connectivity index (χ4n) is 2.88. The Bertz CT molecular complexity index is 936. The highest BCUT2D eigenvalue weighted by atomic mass is 32.2. The van der Waals surface area contributed by atoms with E-state index in [2.05, 4.69) is 15.6 Å². The molecule has 0 amide bonds. The number of aryl methyl sites for hydroxylation is 1. The van der Waals surface area contributed by atoms with Crippen molar-refractivity contribution in [3.63, 3.8) is 0 Å². The van der Waals surface area contributed by atoms with Crippen molar-refractivity contribution in [1.29, 1.82) is 0 Å². The van der Waals surface area contributed by atoms with Crippen molar-refractivity contribution in [2.24, 2.45) is 4.99 Å². The molecule has 0 fully saturated rings. The first-order valence-corrected chi connectivity index (χ1v) is 11.7. The van der Waals surface area contributed by atoms with Crippen molar-refractivity contribution in [1.82, 2.24) is 10.6 Å². The van der Waals surface area contributed by atoms with Crippen molar-refractivity contribution >= 4 is 15.8 Å². The number of rotatable bonds is 8. The van der Waals surface area contributed by atoms with E-state index in [1.165, 1.54) is 6.26 Å². The molecular weight excluding hydrogens is 386 g/mol. The molecule has 158 valence electrons. The molecule has 0 saturated heterocycles. The number of ether oxygens (including phenoxy) is 1. The molecule has 0 aliphatic heterocycles. The van der Waals surface area contributed by atoms with Gasteiger partial charge in [0.2, 0.25) is 0 Å². The molecule has 0 radical (unpaired) electrons. The van der Waals surface area contributed by atoms with Crippen LogP contribution in [0.1, 0.15) is 37.5 Å². The van der Waals surface area contributed by atoms with E-state index < -0.39 is 9.84 Å². The Hall–Kier alpha value is -2.54. The fourth-order valence-corrected chi connectivity index (χ4v) is 3.84. The molecule has 0 aliphatic carbocycles. The molecule has 2 rings (SSSR count). The Labute approximate surface area is 174 Å². The second-order valence-corrected chi connectivity index (χ2v) is 9.22. The maximum atomic E-state index is 11.8. The summed E-state index contributed by atoms with van der Waals surface area (Å²) in [6, 6.07) is 13.3. The topological polar surface area (TPSA) is 79.8 Å². The summed E-state index contributed by atoms with van der Waals surface area (Å²) in [4.78, 5) is 4.97. The second kappa shape index (κ2) is 10.3. The largest absolute Gasteiger partial charge is 0.491 e. The van der Waals surface area contributed by atoms with E-state index in [9.17, 15) is 8.42 Å². The van der Waals surface area contributed by atoms with Crippen LogP contribution >= 0.6 is 0 Å². The van der Waals surface area contributed by atoms with Crippen LogP contribution < -0.4 is 15.4 Å². The summed E-state index contributed by atoms with van der Waals surface area (Å²) >= 11 is 0. The van der Waals surface area contributed by atoms with Crippen LogP contribution in [-0.4, -0.2) is 33.3 Å². The van der Waals surface area contributed by atoms with Gasteiger partial charge in [-0.1, -0.05) is 24.3 Å². The van der Waals surface area contributed by atoms with E-state index in [1.54, 1.807) is 13.0 Å². The number of nitrogens with one attached hydrogen (secondary N) is 2. The van der Waals surface area contributed by atoms with Gasteiger partial charge in [0.15, 0.2) is 15.8 Å². The van der Waals surface area contributed by atoms with Crippen LogP contribution in [0.4, 0.5) is 0 Å². The van der Waals surface area contributed by atoms with Gasteiger partial charge in [-0.25, -0.2) is 13.4 Å². The van der Waals surface area contributed by atoms with E-state index >= 15 is 0 Å². The lowest BCUT2D eigenvalue weighted by atomic mass is 10.1. The monoisotopic (exact) mass is 417 g/mol. The third kappa shape index (κ3) is 7.42. The smallest absolute Gasteiger partial charge is 0.191 e. The van der Waals surface area contributed by atoms with Crippen molar-refractivity contribution in [3.8, 4) is 5.75 Å². The Balaban J connectivity index is 2.02. The third-order valence-corrected chi connectivity index (χ3v) is 5.41. The van der Waals surface area contributed by atoms with Crippen LogP contribution in [0.2, 0.25) is 0 Å². The summed E-state index contributed by atoms with van der Waals surface area (Å²) in [6.07, 6.45) is 1.38. The van der Waals surface area contributed by atoms with Gasteiger partial charge in [-0.15, -0.1) is 0 Å². The molecule has 0 aromatic heterocycles. The lowest BCUT2D eigenvalue weighted by Crippen LogP contribution is -2.36. The summed E-state index contributed by atoms with van der Waals surface area (Å²) < 4.78 is 29.2. The Morgan fingerprint density at radius 1 is 1.07 bits per heavy atom. The molecule has 0 bridgehead atoms. The average molecular weight is 418 g/mol. The van der Waals surface area contributed by atoms with Crippen molar-refractivity contribution in [3.05, 3.63) is 59.2 Å². The molecule has 2 aromatic rings. The Kier molecular flexibility index (Phi) is 8.08. The zero-order valence-electron chi connectivity index (χ0n) is 17.8. The van der Waals surface area contributed by atoms with Crippen LogP contribution in [-0.2, 0) is 22.9 Å². The van der Waals surface area contributed by atoms with E-state index in [4.69, 9.17) is 4.74 Å². The van der Waals surface area contributed by atoms with Crippen molar-refractivity contribution in [2.45, 2.75) is 51.8 Å². The van der Waals surface area contributed by atoms with E-state index in [0.717, 1.165) is 29.0 Å². The molecule has 29 heavy (non-hydrogen) atoms. The number of hydrogen-bond donors (Lipinski definition) is 2. The second-order valence-electron chi connectivity index (χ2n) is 7.23. The predicted molar refractivity (Wildman–Crippen MR) is 118 cm³/mol. The SMILES string of the molecule is CCNC(=NCc1ccc(S(C)(=O)=O)c(C)c1)NCc1ccc(OC(C)C)cc1. The highest BCUT2D eigenvalue weighted by molar-refractivity contribution is 7.90. The molecule has 7 heteroatoms. The minimum Gasteiger partial charge on any atom is -0.491 e. The standard InChI is InChI=1S/C22H31N3O3S/c1-6-23-22(24-14-18-7-10-20(11-8-18)28-16(2)3)25-15-19-9-12-21(17(4)13-19)29(5,26)27/h7-13,16H,6,14-15H2,1-5H3,(H2,23,24,25). The van der Waals surface area contributed by atoms with E-state index in [1.807, 2.05) is 57.2 Å². The molecule has 0 saturated carbocycles. The minimum absolute atomic E-state index is 0.154. The molecule has 0 heterocycles. The van der Waals surface area contributed by atoms with E-state index in [-0.39, 0.29) is 6.10 Å². The first-order chi connectivity index (χ1) is 13.7. The van der Waals surface area contributed by atoms with Gasteiger partial charge in [0.05, 0.1) is 17.5 Å². The van der Waals surface area contributed by atoms with Crippen LogP contribution in [0.15, 0.2) is 52.4 Å². The van der Waals surface area contributed by atoms with Gasteiger partial charge in [-0.05, 0) is 62.6 Å². The normalized spacial score (nSPS) is 12.1. The summed E-state index contributed by atoms with van der Waals surface area (Å²) in [5.41, 5.74) is 2.82. The number of hydrogen-bond acceptors (Lipinski definition) is 4. The highest BCUT2D eigenvalue weighted by Crippen LogP contribution is 2.17. The van der Waals surface area contributed by atoms with Crippen molar-refractivity contribution < 1.29 is 13.2 Å². The molecule has 0 atom stereocenters. The van der Waals surface area contributed by atoms with Gasteiger partial charge in [0.1, 0.15) is 5.75 Å². The Morgan fingerprint density at radius 3 is 2.28 bits per heavy atom. The van der Waals surface area contributed by atoms with Crippen LogP contribution in [0.3, 0.4) is 0 Å². The number of nitrogens with zero attached hydrogens (tertiary/aromatic N) is 1. The lowest BCUT2D eigenvalue weighted by molar-refractivity contribution is 0.242. The van der Waals surface area contributed by atoms with Crippen LogP contribution in [0.25, 0.3) is 0 Å². The summed E-state index contributed by atoms with van der Waals surface area (Å²) in [5.74, 6) is 1.57. The fraction of sp³-hybridized carbons (Fsp3) is 0.409. The first-order valence-electron chi connectivity index (χ1n) is 9.76. The quantitative estimate of drug-likeness (QED) is 0.508. The lowest BCUT2D eigenvalue weighted by Gasteiger charge is -2.13. The van der Waals surface area contributed by atoms with Crippen LogP contribution in [0.5, 0.6) is 5.75 Å². The molecular formula is C22H31N3O3S. The molecule has 6 nitrogen and oxygen atoms in total. The van der Waals surface area contributed by atoms with Gasteiger partial charge in [-0.2, -0.15) is 0 Å². The number of guanidine groups is 1. The molecule has 0 spiro atoms. The number of benzene rings is 2.